The smallest absolute Gasteiger partial charge is 0.271 e. The number of amides is 1. The fourth-order valence-corrected chi connectivity index (χ4v) is 2.75. The third kappa shape index (κ3) is 4.76. The Kier molecular flexibility index (Phi) is 6.33. The van der Waals surface area contributed by atoms with Crippen LogP contribution in [0.3, 0.4) is 0 Å². The Morgan fingerprint density at radius 2 is 1.83 bits per heavy atom. The van der Waals surface area contributed by atoms with E-state index in [4.69, 9.17) is 25.5 Å². The molecule has 0 aliphatic carbocycles. The second kappa shape index (κ2) is 9.10. The normalized spacial score (nSPS) is 10.8. The summed E-state index contributed by atoms with van der Waals surface area (Å²) in [5.41, 5.74) is 2.94. The molecule has 0 fully saturated rings. The number of non-ortho nitro benzene ring substituents is 1. The van der Waals surface area contributed by atoms with Crippen molar-refractivity contribution in [1.82, 2.24) is 5.43 Å². The molecule has 0 atom stereocenters. The zero-order valence-corrected chi connectivity index (χ0v) is 16.7. The average Bonchev–Trinajstić information content (AvgIpc) is 3.21. The third-order valence-corrected chi connectivity index (χ3v) is 4.35. The van der Waals surface area contributed by atoms with E-state index in [0.29, 0.717) is 39.2 Å². The minimum Gasteiger partial charge on any atom is -0.497 e. The maximum Gasteiger partial charge on any atom is 0.271 e. The molecule has 0 unspecified atom stereocenters. The summed E-state index contributed by atoms with van der Waals surface area (Å²) < 4.78 is 15.9. The highest BCUT2D eigenvalue weighted by Crippen LogP contribution is 2.32. The van der Waals surface area contributed by atoms with Crippen LogP contribution in [0.2, 0.25) is 5.02 Å². The van der Waals surface area contributed by atoms with Crippen molar-refractivity contribution in [3.63, 3.8) is 0 Å². The van der Waals surface area contributed by atoms with Gasteiger partial charge < -0.3 is 13.9 Å². The van der Waals surface area contributed by atoms with Crippen LogP contribution in [-0.4, -0.2) is 31.3 Å². The molecule has 30 heavy (non-hydrogen) atoms. The predicted octanol–water partition coefficient (Wildman–Crippen LogP) is 4.29. The first kappa shape index (κ1) is 20.9. The highest BCUT2D eigenvalue weighted by Gasteiger charge is 2.14. The van der Waals surface area contributed by atoms with Crippen LogP contribution >= 0.6 is 11.6 Å². The molecule has 3 rings (SSSR count). The lowest BCUT2D eigenvalue weighted by atomic mass is 10.1. The van der Waals surface area contributed by atoms with Crippen molar-refractivity contribution >= 4 is 29.4 Å². The van der Waals surface area contributed by atoms with E-state index in [0.717, 1.165) is 0 Å². The number of furan rings is 1. The SMILES string of the molecule is COc1cc(OC)cc(C(=O)N/N=C/c2ccc(-c3cc([N+](=O)[O-])ccc3Cl)o2)c1. The molecule has 1 N–H and O–H groups in total. The van der Waals surface area contributed by atoms with Crippen molar-refractivity contribution in [2.45, 2.75) is 0 Å². The van der Waals surface area contributed by atoms with Crippen LogP contribution in [0.15, 0.2) is 58.0 Å². The number of carbonyl (C=O) groups excluding carboxylic acids is 1. The molecule has 1 aromatic heterocycles. The van der Waals surface area contributed by atoms with Gasteiger partial charge >= 0.3 is 0 Å². The first-order valence-electron chi connectivity index (χ1n) is 8.52. The molecule has 0 spiro atoms. The van der Waals surface area contributed by atoms with E-state index < -0.39 is 10.8 Å². The minimum atomic E-state index is -0.520. The number of nitro groups is 1. The zero-order chi connectivity index (χ0) is 21.7. The molecule has 0 bridgehead atoms. The average molecular weight is 430 g/mol. The van der Waals surface area contributed by atoms with Gasteiger partial charge in [-0.2, -0.15) is 5.10 Å². The van der Waals surface area contributed by atoms with Crippen molar-refractivity contribution in [1.29, 1.82) is 0 Å². The van der Waals surface area contributed by atoms with E-state index in [9.17, 15) is 14.9 Å². The second-order valence-corrected chi connectivity index (χ2v) is 6.33. The van der Waals surface area contributed by atoms with Crippen molar-refractivity contribution < 1.29 is 23.6 Å². The van der Waals surface area contributed by atoms with Gasteiger partial charge in [0.05, 0.1) is 30.4 Å². The molecule has 0 aliphatic heterocycles. The number of nitrogens with zero attached hydrogens (tertiary/aromatic N) is 2. The number of hydrazone groups is 1. The highest BCUT2D eigenvalue weighted by atomic mass is 35.5. The van der Waals surface area contributed by atoms with E-state index in [1.165, 1.54) is 38.6 Å². The van der Waals surface area contributed by atoms with E-state index >= 15 is 0 Å². The Morgan fingerprint density at radius 1 is 1.13 bits per heavy atom. The first-order valence-corrected chi connectivity index (χ1v) is 8.89. The first-order chi connectivity index (χ1) is 14.4. The van der Waals surface area contributed by atoms with E-state index in [1.807, 2.05) is 0 Å². The van der Waals surface area contributed by atoms with Gasteiger partial charge in [0.2, 0.25) is 0 Å². The van der Waals surface area contributed by atoms with Crippen LogP contribution in [0.1, 0.15) is 16.1 Å². The molecule has 10 heteroatoms. The van der Waals surface area contributed by atoms with Crippen molar-refractivity contribution in [2.75, 3.05) is 14.2 Å². The van der Waals surface area contributed by atoms with Gasteiger partial charge in [-0.05, 0) is 30.3 Å². The number of hydrogen-bond acceptors (Lipinski definition) is 7. The zero-order valence-electron chi connectivity index (χ0n) is 15.9. The number of rotatable bonds is 7. The number of carbonyl (C=O) groups is 1. The molecule has 0 saturated heterocycles. The highest BCUT2D eigenvalue weighted by molar-refractivity contribution is 6.33. The minimum absolute atomic E-state index is 0.109. The summed E-state index contributed by atoms with van der Waals surface area (Å²) in [6, 6.07) is 12.0. The molecule has 3 aromatic rings. The Labute approximate surface area is 176 Å². The molecular formula is C20H16ClN3O6. The largest absolute Gasteiger partial charge is 0.497 e. The summed E-state index contributed by atoms with van der Waals surface area (Å²) in [6.07, 6.45) is 1.30. The van der Waals surface area contributed by atoms with Crippen LogP contribution < -0.4 is 14.9 Å². The van der Waals surface area contributed by atoms with Gasteiger partial charge in [0.15, 0.2) is 0 Å². The topological polar surface area (TPSA) is 116 Å². The maximum absolute atomic E-state index is 12.3. The lowest BCUT2D eigenvalue weighted by molar-refractivity contribution is -0.384. The Bertz CT molecular complexity index is 1100. The molecule has 0 radical (unpaired) electrons. The third-order valence-electron chi connectivity index (χ3n) is 4.02. The van der Waals surface area contributed by atoms with Gasteiger partial charge in [-0.25, -0.2) is 5.43 Å². The van der Waals surface area contributed by atoms with Crippen molar-refractivity contribution in [3.8, 4) is 22.8 Å². The van der Waals surface area contributed by atoms with E-state index in [1.54, 1.807) is 30.3 Å². The number of ether oxygens (including phenoxy) is 2. The number of methoxy groups -OCH3 is 2. The van der Waals surface area contributed by atoms with Gasteiger partial charge in [-0.15, -0.1) is 0 Å². The van der Waals surface area contributed by atoms with Crippen molar-refractivity contribution in [2.24, 2.45) is 5.10 Å². The summed E-state index contributed by atoms with van der Waals surface area (Å²) in [7, 11) is 2.97. The molecule has 9 nitrogen and oxygen atoms in total. The van der Waals surface area contributed by atoms with Crippen LogP contribution in [0, 0.1) is 10.1 Å². The Balaban J connectivity index is 1.73. The van der Waals surface area contributed by atoms with E-state index in [-0.39, 0.29) is 5.69 Å². The summed E-state index contributed by atoms with van der Waals surface area (Å²) in [5, 5.41) is 15.1. The lowest BCUT2D eigenvalue weighted by Gasteiger charge is -2.07. The van der Waals surface area contributed by atoms with Crippen LogP contribution in [-0.2, 0) is 0 Å². The number of nitro benzene ring substituents is 1. The number of benzene rings is 2. The summed E-state index contributed by atoms with van der Waals surface area (Å²) in [6.45, 7) is 0. The van der Waals surface area contributed by atoms with Crippen LogP contribution in [0.25, 0.3) is 11.3 Å². The summed E-state index contributed by atoms with van der Waals surface area (Å²) in [4.78, 5) is 22.7. The van der Waals surface area contributed by atoms with Crippen LogP contribution in [0.4, 0.5) is 5.69 Å². The maximum atomic E-state index is 12.3. The summed E-state index contributed by atoms with van der Waals surface area (Å²) >= 11 is 6.11. The fourth-order valence-electron chi connectivity index (χ4n) is 2.54. The Morgan fingerprint density at radius 3 is 2.47 bits per heavy atom. The molecule has 1 amide bonds. The monoisotopic (exact) mass is 429 g/mol. The molecule has 0 aliphatic rings. The lowest BCUT2D eigenvalue weighted by Crippen LogP contribution is -2.17. The fraction of sp³-hybridized carbons (Fsp3) is 0.100. The second-order valence-electron chi connectivity index (χ2n) is 5.92. The van der Waals surface area contributed by atoms with Crippen molar-refractivity contribution in [3.05, 3.63) is 75.0 Å². The molecule has 154 valence electrons. The Hall–Kier alpha value is -3.85. The van der Waals surface area contributed by atoms with Gasteiger partial charge in [-0.1, -0.05) is 11.6 Å². The van der Waals surface area contributed by atoms with Gasteiger partial charge in [0.1, 0.15) is 23.0 Å². The van der Waals surface area contributed by atoms with E-state index in [2.05, 4.69) is 10.5 Å². The van der Waals surface area contributed by atoms with Gasteiger partial charge in [0.25, 0.3) is 11.6 Å². The summed E-state index contributed by atoms with van der Waals surface area (Å²) in [5.74, 6) is 1.10. The predicted molar refractivity (Wildman–Crippen MR) is 110 cm³/mol. The number of hydrogen-bond donors (Lipinski definition) is 1. The van der Waals surface area contributed by atoms with Crippen LogP contribution in [0.5, 0.6) is 11.5 Å². The number of halogens is 1. The number of nitrogens with one attached hydrogen (secondary N) is 1. The van der Waals surface area contributed by atoms with Gasteiger partial charge in [0, 0.05) is 29.3 Å². The quantitative estimate of drug-likeness (QED) is 0.340. The molecule has 0 saturated carbocycles. The molecule has 2 aromatic carbocycles. The van der Waals surface area contributed by atoms with Gasteiger partial charge in [-0.3, -0.25) is 14.9 Å². The molecule has 1 heterocycles. The standard InChI is InChI=1S/C20H16ClN3O6/c1-28-15-7-12(8-16(10-15)29-2)20(25)23-22-11-14-4-6-19(30-14)17-9-13(24(26)27)3-5-18(17)21/h3-11H,1-2H3,(H,23,25)/b22-11+. The molecular weight excluding hydrogens is 414 g/mol.